The number of amides is 1. The Morgan fingerprint density at radius 3 is 2.75 bits per heavy atom. The van der Waals surface area contributed by atoms with Gasteiger partial charge in [-0.2, -0.15) is 0 Å². The first-order valence-corrected chi connectivity index (χ1v) is 7.78. The second kappa shape index (κ2) is 8.73. The van der Waals surface area contributed by atoms with Gasteiger partial charge in [0, 0.05) is 6.07 Å². The van der Waals surface area contributed by atoms with Crippen molar-refractivity contribution in [2.24, 2.45) is 0 Å². The number of anilines is 2. The van der Waals surface area contributed by atoms with E-state index >= 15 is 0 Å². The summed E-state index contributed by atoms with van der Waals surface area (Å²) in [5.74, 6) is -0.641. The standard InChI is InChI=1S/C16H15Cl2FN2O3/c17-11-2-1-3-13(16(11)18)21-15(23)9-20-12-5-4-10(19)8-14(12)24-7-6-22/h1-5,8,20,22H,6-7,9H2,(H,21,23). The zero-order valence-corrected chi connectivity index (χ0v) is 14.0. The van der Waals surface area contributed by atoms with E-state index in [0.717, 1.165) is 0 Å². The summed E-state index contributed by atoms with van der Waals surface area (Å²) in [6.45, 7) is -0.282. The predicted molar refractivity (Wildman–Crippen MR) is 92.6 cm³/mol. The number of hydrogen-bond donors (Lipinski definition) is 3. The van der Waals surface area contributed by atoms with Gasteiger partial charge in [-0.3, -0.25) is 4.79 Å². The largest absolute Gasteiger partial charge is 0.489 e. The van der Waals surface area contributed by atoms with Gasteiger partial charge in [0.05, 0.1) is 34.6 Å². The number of aliphatic hydroxyl groups is 1. The molecule has 0 saturated carbocycles. The Labute approximate surface area is 148 Å². The molecule has 0 aliphatic carbocycles. The number of rotatable bonds is 7. The molecule has 0 saturated heterocycles. The smallest absolute Gasteiger partial charge is 0.243 e. The lowest BCUT2D eigenvalue weighted by Crippen LogP contribution is -2.22. The first-order chi connectivity index (χ1) is 11.5. The fourth-order valence-corrected chi connectivity index (χ4v) is 2.24. The Kier molecular flexibility index (Phi) is 6.66. The summed E-state index contributed by atoms with van der Waals surface area (Å²) in [5, 5.41) is 14.8. The van der Waals surface area contributed by atoms with Gasteiger partial charge in [-0.1, -0.05) is 29.3 Å². The van der Waals surface area contributed by atoms with Gasteiger partial charge >= 0.3 is 0 Å². The van der Waals surface area contributed by atoms with Crippen molar-refractivity contribution in [3.05, 3.63) is 52.3 Å². The van der Waals surface area contributed by atoms with Gasteiger partial charge in [0.25, 0.3) is 0 Å². The third-order valence-electron chi connectivity index (χ3n) is 2.96. The van der Waals surface area contributed by atoms with Crippen molar-refractivity contribution in [1.29, 1.82) is 0 Å². The summed E-state index contributed by atoms with van der Waals surface area (Å²) in [5.41, 5.74) is 0.823. The number of benzene rings is 2. The molecule has 2 aromatic carbocycles. The van der Waals surface area contributed by atoms with Crippen molar-refractivity contribution in [2.75, 3.05) is 30.4 Å². The van der Waals surface area contributed by atoms with Crippen LogP contribution in [0.2, 0.25) is 10.0 Å². The molecule has 0 aliphatic rings. The summed E-state index contributed by atoms with van der Waals surface area (Å²) in [4.78, 5) is 12.0. The normalized spacial score (nSPS) is 10.3. The molecule has 0 radical (unpaired) electrons. The Balaban J connectivity index is 2.00. The Bertz CT molecular complexity index is 728. The van der Waals surface area contributed by atoms with Gasteiger partial charge in [0.2, 0.25) is 5.91 Å². The van der Waals surface area contributed by atoms with Gasteiger partial charge in [-0.15, -0.1) is 0 Å². The molecule has 128 valence electrons. The van der Waals surface area contributed by atoms with Crippen molar-refractivity contribution in [3.8, 4) is 5.75 Å². The molecule has 0 spiro atoms. The number of aliphatic hydroxyl groups excluding tert-OH is 1. The average Bonchev–Trinajstić information content (AvgIpc) is 2.56. The van der Waals surface area contributed by atoms with E-state index in [1.54, 1.807) is 18.2 Å². The molecule has 8 heteroatoms. The molecule has 0 unspecified atom stereocenters. The van der Waals surface area contributed by atoms with Crippen LogP contribution in [0, 0.1) is 5.82 Å². The maximum Gasteiger partial charge on any atom is 0.243 e. The molecule has 24 heavy (non-hydrogen) atoms. The van der Waals surface area contributed by atoms with E-state index in [9.17, 15) is 9.18 Å². The van der Waals surface area contributed by atoms with Gasteiger partial charge in [0.1, 0.15) is 18.2 Å². The van der Waals surface area contributed by atoms with Crippen molar-refractivity contribution >= 4 is 40.5 Å². The first kappa shape index (κ1) is 18.3. The number of halogens is 3. The van der Waals surface area contributed by atoms with Crippen LogP contribution >= 0.6 is 23.2 Å². The van der Waals surface area contributed by atoms with Crippen LogP contribution in [-0.2, 0) is 4.79 Å². The molecular formula is C16H15Cl2FN2O3. The SMILES string of the molecule is O=C(CNc1ccc(F)cc1OCCO)Nc1cccc(Cl)c1Cl. The highest BCUT2D eigenvalue weighted by molar-refractivity contribution is 6.44. The zero-order valence-electron chi connectivity index (χ0n) is 12.5. The minimum absolute atomic E-state index is 0.0163. The minimum atomic E-state index is -0.483. The van der Waals surface area contributed by atoms with Gasteiger partial charge in [-0.25, -0.2) is 4.39 Å². The predicted octanol–water partition coefficient (Wildman–Crippen LogP) is 3.55. The van der Waals surface area contributed by atoms with Crippen LogP contribution in [0.15, 0.2) is 36.4 Å². The van der Waals surface area contributed by atoms with E-state index < -0.39 is 5.82 Å². The monoisotopic (exact) mass is 372 g/mol. The molecule has 0 heterocycles. The fourth-order valence-electron chi connectivity index (χ4n) is 1.89. The van der Waals surface area contributed by atoms with Gasteiger partial charge in [-0.05, 0) is 24.3 Å². The summed E-state index contributed by atoms with van der Waals surface area (Å²) in [7, 11) is 0. The van der Waals surface area contributed by atoms with Crippen molar-refractivity contribution < 1.29 is 19.0 Å². The molecule has 3 N–H and O–H groups in total. The molecule has 0 aromatic heterocycles. The molecule has 2 aromatic rings. The van der Waals surface area contributed by atoms with Crippen LogP contribution in [0.25, 0.3) is 0 Å². The molecule has 0 aliphatic heterocycles. The lowest BCUT2D eigenvalue weighted by atomic mass is 10.2. The summed E-state index contributed by atoms with van der Waals surface area (Å²) in [6.07, 6.45) is 0. The van der Waals surface area contributed by atoms with Crippen LogP contribution in [0.1, 0.15) is 0 Å². The van der Waals surface area contributed by atoms with Crippen LogP contribution in [0.3, 0.4) is 0 Å². The molecular weight excluding hydrogens is 358 g/mol. The lowest BCUT2D eigenvalue weighted by molar-refractivity contribution is -0.114. The van der Waals surface area contributed by atoms with Gasteiger partial charge in [0.15, 0.2) is 0 Å². The highest BCUT2D eigenvalue weighted by atomic mass is 35.5. The Hall–Kier alpha value is -2.02. The fraction of sp³-hybridized carbons (Fsp3) is 0.188. The number of hydrogen-bond acceptors (Lipinski definition) is 4. The van der Waals surface area contributed by atoms with Crippen molar-refractivity contribution in [1.82, 2.24) is 0 Å². The molecule has 2 rings (SSSR count). The summed E-state index contributed by atoms with van der Waals surface area (Å²) < 4.78 is 18.5. The molecule has 5 nitrogen and oxygen atoms in total. The van der Waals surface area contributed by atoms with E-state index in [2.05, 4.69) is 10.6 Å². The molecule has 0 fully saturated rings. The second-order valence-corrected chi connectivity index (χ2v) is 5.50. The third kappa shape index (κ3) is 4.99. The number of ether oxygens (including phenoxy) is 1. The first-order valence-electron chi connectivity index (χ1n) is 7.02. The Morgan fingerprint density at radius 1 is 1.21 bits per heavy atom. The highest BCUT2D eigenvalue weighted by Crippen LogP contribution is 2.29. The zero-order chi connectivity index (χ0) is 17.5. The van der Waals surface area contributed by atoms with E-state index in [0.29, 0.717) is 16.4 Å². The molecule has 1 amide bonds. The topological polar surface area (TPSA) is 70.6 Å². The van der Waals surface area contributed by atoms with E-state index in [4.69, 9.17) is 33.0 Å². The lowest BCUT2D eigenvalue weighted by Gasteiger charge is -2.13. The van der Waals surface area contributed by atoms with E-state index in [-0.39, 0.29) is 36.4 Å². The van der Waals surface area contributed by atoms with Crippen LogP contribution < -0.4 is 15.4 Å². The number of nitrogens with one attached hydrogen (secondary N) is 2. The highest BCUT2D eigenvalue weighted by Gasteiger charge is 2.10. The van der Waals surface area contributed by atoms with Crippen molar-refractivity contribution in [3.63, 3.8) is 0 Å². The minimum Gasteiger partial charge on any atom is -0.489 e. The maximum absolute atomic E-state index is 13.3. The van der Waals surface area contributed by atoms with Crippen LogP contribution in [0.5, 0.6) is 5.75 Å². The quantitative estimate of drug-likeness (QED) is 0.694. The van der Waals surface area contributed by atoms with E-state index in [1.165, 1.54) is 18.2 Å². The van der Waals surface area contributed by atoms with E-state index in [1.807, 2.05) is 0 Å². The van der Waals surface area contributed by atoms with Crippen LogP contribution in [-0.4, -0.2) is 30.8 Å². The average molecular weight is 373 g/mol. The number of carbonyl (C=O) groups excluding carboxylic acids is 1. The summed E-state index contributed by atoms with van der Waals surface area (Å²) in [6, 6.07) is 8.75. The number of carbonyl (C=O) groups is 1. The molecule has 0 bridgehead atoms. The van der Waals surface area contributed by atoms with Crippen molar-refractivity contribution in [2.45, 2.75) is 0 Å². The maximum atomic E-state index is 13.3. The third-order valence-corrected chi connectivity index (χ3v) is 3.78. The molecule has 0 atom stereocenters. The Morgan fingerprint density at radius 2 is 2.00 bits per heavy atom. The van der Waals surface area contributed by atoms with Crippen LogP contribution in [0.4, 0.5) is 15.8 Å². The summed E-state index contributed by atoms with van der Waals surface area (Å²) >= 11 is 11.9. The second-order valence-electron chi connectivity index (χ2n) is 4.72. The van der Waals surface area contributed by atoms with Gasteiger partial charge < -0.3 is 20.5 Å².